The molecular weight excluding hydrogens is 264 g/mol. The summed E-state index contributed by atoms with van der Waals surface area (Å²) in [5.74, 6) is -0.184. The zero-order valence-electron chi connectivity index (χ0n) is 11.4. The Kier molecular flexibility index (Phi) is 5.18. The molecule has 7 heteroatoms. The summed E-state index contributed by atoms with van der Waals surface area (Å²) >= 11 is 1.41. The molecule has 1 aromatic heterocycles. The van der Waals surface area contributed by atoms with Crippen LogP contribution in [0.3, 0.4) is 0 Å². The Labute approximate surface area is 117 Å². The molecular formula is C12H20N4O2S. The molecule has 0 bridgehead atoms. The van der Waals surface area contributed by atoms with Crippen LogP contribution in [-0.2, 0) is 9.53 Å². The van der Waals surface area contributed by atoms with Crippen molar-refractivity contribution in [3.8, 4) is 0 Å². The molecule has 0 saturated heterocycles. The summed E-state index contributed by atoms with van der Waals surface area (Å²) in [6.07, 6.45) is 5.40. The predicted octanol–water partition coefficient (Wildman–Crippen LogP) is 2.22. The number of carbonyl (C=O) groups excluding carboxylic acids is 1. The van der Waals surface area contributed by atoms with Crippen LogP contribution in [0, 0.1) is 0 Å². The average molecular weight is 284 g/mol. The number of aromatic nitrogens is 4. The topological polar surface area (TPSA) is 69.9 Å². The lowest BCUT2D eigenvalue weighted by atomic mass is 10.3. The molecule has 2 rings (SSSR count). The molecule has 6 nitrogen and oxygen atoms in total. The normalized spacial score (nSPS) is 17.6. The Bertz CT molecular complexity index is 418. The van der Waals surface area contributed by atoms with Crippen molar-refractivity contribution < 1.29 is 9.53 Å². The third-order valence-electron chi connectivity index (χ3n) is 3.30. The first-order valence-corrected chi connectivity index (χ1v) is 7.75. The van der Waals surface area contributed by atoms with Gasteiger partial charge in [0, 0.05) is 0 Å². The first kappa shape index (κ1) is 14.3. The van der Waals surface area contributed by atoms with Crippen molar-refractivity contribution in [2.75, 3.05) is 6.61 Å². The Morgan fingerprint density at radius 3 is 2.84 bits per heavy atom. The SMILES string of the molecule is CCOC(=O)C(CC)Sc1nnnn1C1CCCC1. The Hall–Kier alpha value is -1.11. The highest BCUT2D eigenvalue weighted by atomic mass is 32.2. The Balaban J connectivity index is 2.05. The minimum absolute atomic E-state index is 0.184. The van der Waals surface area contributed by atoms with E-state index in [1.54, 1.807) is 0 Å². The molecule has 0 amide bonds. The number of ether oxygens (including phenoxy) is 1. The number of hydrogen-bond acceptors (Lipinski definition) is 6. The van der Waals surface area contributed by atoms with E-state index in [0.29, 0.717) is 19.1 Å². The van der Waals surface area contributed by atoms with Gasteiger partial charge in [0.1, 0.15) is 5.25 Å². The molecule has 106 valence electrons. The van der Waals surface area contributed by atoms with E-state index in [1.807, 2.05) is 18.5 Å². The molecule has 0 aromatic carbocycles. The van der Waals surface area contributed by atoms with Crippen LogP contribution >= 0.6 is 11.8 Å². The van der Waals surface area contributed by atoms with Crippen molar-refractivity contribution in [2.24, 2.45) is 0 Å². The lowest BCUT2D eigenvalue weighted by Crippen LogP contribution is -2.20. The van der Waals surface area contributed by atoms with E-state index in [0.717, 1.165) is 18.0 Å². The van der Waals surface area contributed by atoms with E-state index >= 15 is 0 Å². The van der Waals surface area contributed by atoms with Crippen LogP contribution in [0.4, 0.5) is 0 Å². The fourth-order valence-electron chi connectivity index (χ4n) is 2.30. The van der Waals surface area contributed by atoms with Crippen molar-refractivity contribution in [3.63, 3.8) is 0 Å². The molecule has 1 atom stereocenters. The minimum Gasteiger partial charge on any atom is -0.465 e. The van der Waals surface area contributed by atoms with Crippen LogP contribution in [-0.4, -0.2) is 38.0 Å². The Morgan fingerprint density at radius 1 is 1.47 bits per heavy atom. The third-order valence-corrected chi connectivity index (χ3v) is 4.59. The van der Waals surface area contributed by atoms with Crippen molar-refractivity contribution in [2.45, 2.75) is 62.4 Å². The Morgan fingerprint density at radius 2 is 2.21 bits per heavy atom. The summed E-state index contributed by atoms with van der Waals surface area (Å²) < 4.78 is 6.95. The van der Waals surface area contributed by atoms with Crippen molar-refractivity contribution in [3.05, 3.63) is 0 Å². The van der Waals surface area contributed by atoms with E-state index < -0.39 is 0 Å². The van der Waals surface area contributed by atoms with E-state index in [2.05, 4.69) is 15.5 Å². The number of carbonyl (C=O) groups is 1. The number of tetrazole rings is 1. The number of thioether (sulfide) groups is 1. The van der Waals surface area contributed by atoms with Gasteiger partial charge in [0.15, 0.2) is 0 Å². The standard InChI is InChI=1S/C12H20N4O2S/c1-3-10(11(17)18-4-2)19-12-13-14-15-16(12)9-7-5-6-8-9/h9-10H,3-8H2,1-2H3. The summed E-state index contributed by atoms with van der Waals surface area (Å²) in [4.78, 5) is 11.8. The van der Waals surface area contributed by atoms with E-state index in [-0.39, 0.29) is 11.2 Å². The molecule has 19 heavy (non-hydrogen) atoms. The predicted molar refractivity (Wildman–Crippen MR) is 71.9 cm³/mol. The van der Waals surface area contributed by atoms with E-state index in [1.165, 1.54) is 24.6 Å². The number of rotatable bonds is 6. The van der Waals surface area contributed by atoms with Gasteiger partial charge in [0.05, 0.1) is 12.6 Å². The largest absolute Gasteiger partial charge is 0.465 e. The van der Waals surface area contributed by atoms with Crippen LogP contribution in [0.2, 0.25) is 0 Å². The van der Waals surface area contributed by atoms with Crippen LogP contribution in [0.15, 0.2) is 5.16 Å². The molecule has 0 aliphatic heterocycles. The zero-order chi connectivity index (χ0) is 13.7. The van der Waals surface area contributed by atoms with Crippen molar-refractivity contribution >= 4 is 17.7 Å². The van der Waals surface area contributed by atoms with Crippen molar-refractivity contribution in [1.82, 2.24) is 20.2 Å². The molecule has 1 aliphatic carbocycles. The summed E-state index contributed by atoms with van der Waals surface area (Å²) in [6, 6.07) is 0.386. The molecule has 1 aromatic rings. The minimum atomic E-state index is -0.230. The lowest BCUT2D eigenvalue weighted by Gasteiger charge is -2.15. The lowest BCUT2D eigenvalue weighted by molar-refractivity contribution is -0.142. The average Bonchev–Trinajstić information content (AvgIpc) is 3.06. The second-order valence-corrected chi connectivity index (χ2v) is 5.78. The second-order valence-electron chi connectivity index (χ2n) is 4.61. The van der Waals surface area contributed by atoms with E-state index in [4.69, 9.17) is 4.74 Å². The maximum Gasteiger partial charge on any atom is 0.319 e. The van der Waals surface area contributed by atoms with Gasteiger partial charge in [-0.1, -0.05) is 31.5 Å². The van der Waals surface area contributed by atoms with Gasteiger partial charge in [-0.2, -0.15) is 0 Å². The van der Waals surface area contributed by atoms with Gasteiger partial charge in [-0.25, -0.2) is 4.68 Å². The molecule has 1 unspecified atom stereocenters. The third kappa shape index (κ3) is 3.46. The molecule has 1 heterocycles. The highest BCUT2D eigenvalue weighted by Gasteiger charge is 2.26. The summed E-state index contributed by atoms with van der Waals surface area (Å²) in [5.41, 5.74) is 0. The maximum atomic E-state index is 11.8. The zero-order valence-corrected chi connectivity index (χ0v) is 12.2. The van der Waals surface area contributed by atoms with Crippen LogP contribution < -0.4 is 0 Å². The fraction of sp³-hybridized carbons (Fsp3) is 0.833. The number of hydrogen-bond donors (Lipinski definition) is 0. The fourth-order valence-corrected chi connectivity index (χ4v) is 3.26. The highest BCUT2D eigenvalue weighted by molar-refractivity contribution is 8.00. The maximum absolute atomic E-state index is 11.8. The monoisotopic (exact) mass is 284 g/mol. The van der Waals surface area contributed by atoms with Gasteiger partial charge in [-0.05, 0) is 36.6 Å². The molecule has 1 aliphatic rings. The summed E-state index contributed by atoms with van der Waals surface area (Å²) in [6.45, 7) is 4.19. The molecule has 1 saturated carbocycles. The highest BCUT2D eigenvalue weighted by Crippen LogP contribution is 2.33. The molecule has 0 radical (unpaired) electrons. The molecule has 0 spiro atoms. The second kappa shape index (κ2) is 6.88. The molecule has 0 N–H and O–H groups in total. The van der Waals surface area contributed by atoms with Gasteiger partial charge in [0.25, 0.3) is 0 Å². The molecule has 1 fully saturated rings. The van der Waals surface area contributed by atoms with Crippen molar-refractivity contribution in [1.29, 1.82) is 0 Å². The van der Waals surface area contributed by atoms with Crippen LogP contribution in [0.1, 0.15) is 52.0 Å². The van der Waals surface area contributed by atoms with Gasteiger partial charge in [-0.3, -0.25) is 4.79 Å². The quantitative estimate of drug-likeness (QED) is 0.589. The number of esters is 1. The van der Waals surface area contributed by atoms with Gasteiger partial charge in [0.2, 0.25) is 5.16 Å². The van der Waals surface area contributed by atoms with Gasteiger partial charge >= 0.3 is 5.97 Å². The van der Waals surface area contributed by atoms with E-state index in [9.17, 15) is 4.79 Å². The van der Waals surface area contributed by atoms with Gasteiger partial charge < -0.3 is 4.74 Å². The van der Waals surface area contributed by atoms with Crippen LogP contribution in [0.25, 0.3) is 0 Å². The first-order valence-electron chi connectivity index (χ1n) is 6.87. The smallest absolute Gasteiger partial charge is 0.319 e. The van der Waals surface area contributed by atoms with Crippen LogP contribution in [0.5, 0.6) is 0 Å². The summed E-state index contributed by atoms with van der Waals surface area (Å²) in [7, 11) is 0. The van der Waals surface area contributed by atoms with Gasteiger partial charge in [-0.15, -0.1) is 5.10 Å². The number of nitrogens with zero attached hydrogens (tertiary/aromatic N) is 4. The first-order chi connectivity index (χ1) is 9.26. The summed E-state index contributed by atoms with van der Waals surface area (Å²) in [5, 5.41) is 12.4.